The van der Waals surface area contributed by atoms with Crippen molar-refractivity contribution in [2.24, 2.45) is 0 Å². The Labute approximate surface area is 176 Å². The lowest BCUT2D eigenvalue weighted by molar-refractivity contribution is 0.104. The SMILES string of the molecule is c1ccc(C(c2ccccc2)N2CCN(Cc3coc(-c4ccco4)n3)CC2)cc1. The first-order chi connectivity index (χ1) is 14.9. The van der Waals surface area contributed by atoms with E-state index in [4.69, 9.17) is 8.83 Å². The van der Waals surface area contributed by atoms with E-state index in [9.17, 15) is 0 Å². The molecule has 152 valence electrons. The molecule has 1 fully saturated rings. The maximum atomic E-state index is 5.58. The second-order valence-electron chi connectivity index (χ2n) is 7.66. The molecule has 1 saturated heterocycles. The molecule has 2 aromatic carbocycles. The van der Waals surface area contributed by atoms with Gasteiger partial charge in [0.15, 0.2) is 5.76 Å². The Balaban J connectivity index is 1.26. The van der Waals surface area contributed by atoms with Gasteiger partial charge in [0.1, 0.15) is 6.26 Å². The molecular formula is C25H25N3O2. The van der Waals surface area contributed by atoms with Gasteiger partial charge in [-0.05, 0) is 23.3 Å². The summed E-state index contributed by atoms with van der Waals surface area (Å²) in [6, 6.07) is 25.6. The highest BCUT2D eigenvalue weighted by Crippen LogP contribution is 2.29. The molecule has 4 aromatic rings. The van der Waals surface area contributed by atoms with Crippen molar-refractivity contribution in [3.63, 3.8) is 0 Å². The van der Waals surface area contributed by atoms with Gasteiger partial charge >= 0.3 is 0 Å². The fourth-order valence-electron chi connectivity index (χ4n) is 4.19. The Morgan fingerprint density at radius 2 is 1.43 bits per heavy atom. The second-order valence-corrected chi connectivity index (χ2v) is 7.66. The van der Waals surface area contributed by atoms with Gasteiger partial charge in [0, 0.05) is 32.7 Å². The summed E-state index contributed by atoms with van der Waals surface area (Å²) in [7, 11) is 0. The van der Waals surface area contributed by atoms with Crippen molar-refractivity contribution in [2.45, 2.75) is 12.6 Å². The topological polar surface area (TPSA) is 45.7 Å². The number of hydrogen-bond donors (Lipinski definition) is 0. The molecule has 1 aliphatic rings. The van der Waals surface area contributed by atoms with Crippen molar-refractivity contribution in [1.29, 1.82) is 0 Å². The van der Waals surface area contributed by atoms with Crippen LogP contribution in [0.25, 0.3) is 11.7 Å². The highest BCUT2D eigenvalue weighted by atomic mass is 16.4. The smallest absolute Gasteiger partial charge is 0.263 e. The minimum Gasteiger partial charge on any atom is -0.459 e. The van der Waals surface area contributed by atoms with Gasteiger partial charge in [-0.3, -0.25) is 9.80 Å². The lowest BCUT2D eigenvalue weighted by Crippen LogP contribution is -2.47. The van der Waals surface area contributed by atoms with E-state index in [1.807, 2.05) is 12.1 Å². The molecule has 0 atom stereocenters. The van der Waals surface area contributed by atoms with Crippen LogP contribution in [0.1, 0.15) is 22.9 Å². The van der Waals surface area contributed by atoms with Crippen LogP contribution in [0.2, 0.25) is 0 Å². The maximum Gasteiger partial charge on any atom is 0.263 e. The molecule has 30 heavy (non-hydrogen) atoms. The number of oxazole rings is 1. The van der Waals surface area contributed by atoms with Crippen molar-refractivity contribution in [1.82, 2.24) is 14.8 Å². The van der Waals surface area contributed by atoms with Crippen LogP contribution in [0.4, 0.5) is 0 Å². The van der Waals surface area contributed by atoms with E-state index >= 15 is 0 Å². The largest absolute Gasteiger partial charge is 0.459 e. The van der Waals surface area contributed by atoms with E-state index < -0.39 is 0 Å². The van der Waals surface area contributed by atoms with E-state index in [1.165, 1.54) is 11.1 Å². The number of nitrogens with zero attached hydrogens (tertiary/aromatic N) is 3. The average Bonchev–Trinajstić information content (AvgIpc) is 3.49. The highest BCUT2D eigenvalue weighted by molar-refractivity contribution is 5.43. The summed E-state index contributed by atoms with van der Waals surface area (Å²) >= 11 is 0. The summed E-state index contributed by atoms with van der Waals surface area (Å²) in [4.78, 5) is 9.60. The number of rotatable bonds is 6. The first-order valence-corrected chi connectivity index (χ1v) is 10.4. The monoisotopic (exact) mass is 399 g/mol. The summed E-state index contributed by atoms with van der Waals surface area (Å²) < 4.78 is 11.0. The molecule has 0 N–H and O–H groups in total. The Kier molecular flexibility index (Phi) is 5.46. The Morgan fingerprint density at radius 3 is 2.03 bits per heavy atom. The third-order valence-corrected chi connectivity index (χ3v) is 5.67. The van der Waals surface area contributed by atoms with Crippen LogP contribution in [0.15, 0.2) is 94.2 Å². The molecule has 5 heteroatoms. The first-order valence-electron chi connectivity index (χ1n) is 10.4. The van der Waals surface area contributed by atoms with Gasteiger partial charge in [-0.15, -0.1) is 0 Å². The molecule has 2 aromatic heterocycles. The highest BCUT2D eigenvalue weighted by Gasteiger charge is 2.26. The van der Waals surface area contributed by atoms with Crippen molar-refractivity contribution >= 4 is 0 Å². The third kappa shape index (κ3) is 4.08. The number of piperazine rings is 1. The van der Waals surface area contributed by atoms with Crippen LogP contribution < -0.4 is 0 Å². The molecule has 5 nitrogen and oxygen atoms in total. The molecule has 0 amide bonds. The summed E-state index contributed by atoms with van der Waals surface area (Å²) in [6.45, 7) is 4.81. The van der Waals surface area contributed by atoms with Gasteiger partial charge in [0.25, 0.3) is 5.89 Å². The lowest BCUT2D eigenvalue weighted by atomic mass is 9.96. The van der Waals surface area contributed by atoms with Crippen LogP contribution >= 0.6 is 0 Å². The summed E-state index contributed by atoms with van der Waals surface area (Å²) in [5.74, 6) is 1.21. The normalized spacial score (nSPS) is 15.6. The van der Waals surface area contributed by atoms with Crippen LogP contribution in [0, 0.1) is 0 Å². The van der Waals surface area contributed by atoms with E-state index in [0.29, 0.717) is 11.7 Å². The van der Waals surface area contributed by atoms with E-state index in [0.717, 1.165) is 38.4 Å². The number of hydrogen-bond acceptors (Lipinski definition) is 5. The van der Waals surface area contributed by atoms with Crippen molar-refractivity contribution in [3.8, 4) is 11.7 Å². The third-order valence-electron chi connectivity index (χ3n) is 5.67. The summed E-state index contributed by atoms with van der Waals surface area (Å²) in [5, 5.41) is 0. The number of furan rings is 1. The van der Waals surface area contributed by atoms with Gasteiger partial charge < -0.3 is 8.83 Å². The minimum absolute atomic E-state index is 0.284. The number of aromatic nitrogens is 1. The van der Waals surface area contributed by atoms with Crippen LogP contribution in [0.5, 0.6) is 0 Å². The molecule has 0 spiro atoms. The summed E-state index contributed by atoms with van der Waals surface area (Å²) in [6.07, 6.45) is 3.37. The Bertz CT molecular complexity index is 997. The Morgan fingerprint density at radius 1 is 0.767 bits per heavy atom. The van der Waals surface area contributed by atoms with Crippen molar-refractivity contribution in [3.05, 3.63) is 102 Å². The molecule has 0 bridgehead atoms. The zero-order chi connectivity index (χ0) is 20.2. The van der Waals surface area contributed by atoms with E-state index in [-0.39, 0.29) is 6.04 Å². The fourth-order valence-corrected chi connectivity index (χ4v) is 4.19. The van der Waals surface area contributed by atoms with Crippen molar-refractivity contribution in [2.75, 3.05) is 26.2 Å². The quantitative estimate of drug-likeness (QED) is 0.464. The molecule has 0 radical (unpaired) electrons. The zero-order valence-electron chi connectivity index (χ0n) is 16.9. The molecule has 1 aliphatic heterocycles. The van der Waals surface area contributed by atoms with Gasteiger partial charge in [-0.1, -0.05) is 60.7 Å². The molecule has 3 heterocycles. The van der Waals surface area contributed by atoms with Crippen LogP contribution in [0.3, 0.4) is 0 Å². The van der Waals surface area contributed by atoms with Crippen LogP contribution in [-0.4, -0.2) is 41.0 Å². The average molecular weight is 399 g/mol. The molecule has 0 unspecified atom stereocenters. The van der Waals surface area contributed by atoms with Crippen molar-refractivity contribution < 1.29 is 8.83 Å². The lowest BCUT2D eigenvalue weighted by Gasteiger charge is -2.39. The molecule has 0 aliphatic carbocycles. The zero-order valence-corrected chi connectivity index (χ0v) is 16.9. The second kappa shape index (κ2) is 8.69. The van der Waals surface area contributed by atoms with Gasteiger partial charge in [0.2, 0.25) is 0 Å². The van der Waals surface area contributed by atoms with Gasteiger partial charge in [0.05, 0.1) is 18.0 Å². The first kappa shape index (κ1) is 18.9. The summed E-state index contributed by atoms with van der Waals surface area (Å²) in [5.41, 5.74) is 3.63. The molecular weight excluding hydrogens is 374 g/mol. The maximum absolute atomic E-state index is 5.58. The van der Waals surface area contributed by atoms with Crippen LogP contribution in [-0.2, 0) is 6.54 Å². The molecule has 0 saturated carbocycles. The Hall–Kier alpha value is -3.15. The molecule has 5 rings (SSSR count). The van der Waals surface area contributed by atoms with Gasteiger partial charge in [-0.2, -0.15) is 0 Å². The van der Waals surface area contributed by atoms with Gasteiger partial charge in [-0.25, -0.2) is 4.98 Å². The predicted molar refractivity (Wildman–Crippen MR) is 116 cm³/mol. The standard InChI is InChI=1S/C25H25N3O2/c1-3-8-20(9-4-1)24(21-10-5-2-6-11-21)28-15-13-27(14-16-28)18-22-19-30-25(26-22)23-12-7-17-29-23/h1-12,17,19,24H,13-16,18H2. The minimum atomic E-state index is 0.284. The van der Waals surface area contributed by atoms with E-state index in [2.05, 4.69) is 75.4 Å². The van der Waals surface area contributed by atoms with E-state index in [1.54, 1.807) is 12.5 Å². The fraction of sp³-hybridized carbons (Fsp3) is 0.240. The predicted octanol–water partition coefficient (Wildman–Crippen LogP) is 4.84. The number of benzene rings is 2.